The summed E-state index contributed by atoms with van der Waals surface area (Å²) in [6.07, 6.45) is 3.56. The number of rotatable bonds is 3. The third-order valence-corrected chi connectivity index (χ3v) is 6.83. The zero-order chi connectivity index (χ0) is 24.3. The molecular formula is C28H20ClN3O3. The highest BCUT2D eigenvalue weighted by Crippen LogP contribution is 2.45. The van der Waals surface area contributed by atoms with Crippen LogP contribution in [0, 0.1) is 0 Å². The number of nitrogens with one attached hydrogen (secondary N) is 1. The highest BCUT2D eigenvalue weighted by molar-refractivity contribution is 6.52. The van der Waals surface area contributed by atoms with E-state index in [1.165, 1.54) is 4.90 Å². The smallest absolute Gasteiger partial charge is 0.300 e. The molecule has 5 aromatic rings. The van der Waals surface area contributed by atoms with E-state index in [0.717, 1.165) is 27.4 Å². The van der Waals surface area contributed by atoms with Gasteiger partial charge < -0.3 is 14.7 Å². The Morgan fingerprint density at radius 3 is 2.51 bits per heavy atom. The Morgan fingerprint density at radius 1 is 0.971 bits per heavy atom. The first-order valence-corrected chi connectivity index (χ1v) is 11.5. The van der Waals surface area contributed by atoms with Crippen molar-refractivity contribution in [2.75, 3.05) is 4.90 Å². The van der Waals surface area contributed by atoms with Crippen LogP contribution < -0.4 is 4.90 Å². The van der Waals surface area contributed by atoms with Crippen molar-refractivity contribution in [1.29, 1.82) is 0 Å². The zero-order valence-corrected chi connectivity index (χ0v) is 19.5. The minimum absolute atomic E-state index is 0.0380. The molecule has 1 aliphatic rings. The summed E-state index contributed by atoms with van der Waals surface area (Å²) in [5.74, 6) is -1.68. The minimum Gasteiger partial charge on any atom is -0.507 e. The van der Waals surface area contributed by atoms with Gasteiger partial charge in [0.15, 0.2) is 0 Å². The molecule has 172 valence electrons. The van der Waals surface area contributed by atoms with Crippen LogP contribution in [0.1, 0.15) is 17.2 Å². The third kappa shape index (κ3) is 3.18. The van der Waals surface area contributed by atoms with Crippen LogP contribution >= 0.6 is 11.6 Å². The largest absolute Gasteiger partial charge is 0.507 e. The number of hydrogen-bond acceptors (Lipinski definition) is 3. The number of nitrogens with zero attached hydrogens (tertiary/aromatic N) is 2. The van der Waals surface area contributed by atoms with Crippen LogP contribution in [0.25, 0.3) is 27.6 Å². The maximum absolute atomic E-state index is 13.5. The second-order valence-corrected chi connectivity index (χ2v) is 9.05. The fraction of sp³-hybridized carbons (Fsp3) is 0.0714. The Hall–Kier alpha value is -4.29. The lowest BCUT2D eigenvalue weighted by atomic mass is 9.94. The summed E-state index contributed by atoms with van der Waals surface area (Å²) < 4.78 is 1.95. The summed E-state index contributed by atoms with van der Waals surface area (Å²) in [6, 6.07) is 21.3. The second-order valence-electron chi connectivity index (χ2n) is 8.61. The summed E-state index contributed by atoms with van der Waals surface area (Å²) in [5, 5.41) is 13.6. The maximum atomic E-state index is 13.5. The summed E-state index contributed by atoms with van der Waals surface area (Å²) in [6.45, 7) is 0. The van der Waals surface area contributed by atoms with Gasteiger partial charge in [-0.05, 0) is 30.3 Å². The standard InChI is InChI=1S/C28H20ClN3O3/c1-31-15-21(19-10-3-5-12-23(19)31)25-24(26(33)20-14-30-22-11-4-2-9-18(20)22)27(34)28(35)32(25)17-8-6-7-16(29)13-17/h2-15,25,30,33H,1H3/b26-24+. The van der Waals surface area contributed by atoms with E-state index in [9.17, 15) is 14.7 Å². The molecule has 6 rings (SSSR count). The SMILES string of the molecule is Cn1cc(C2/C(=C(\O)c3c[nH]c4ccccc34)C(=O)C(=O)N2c2cccc(Cl)c2)c2ccccc21. The van der Waals surface area contributed by atoms with Crippen molar-refractivity contribution in [3.05, 3.63) is 107 Å². The van der Waals surface area contributed by atoms with Gasteiger partial charge in [-0.1, -0.05) is 54.1 Å². The number of hydrogen-bond donors (Lipinski definition) is 2. The number of benzene rings is 3. The molecule has 1 unspecified atom stereocenters. The first kappa shape index (κ1) is 21.3. The lowest BCUT2D eigenvalue weighted by Crippen LogP contribution is -2.29. The van der Waals surface area contributed by atoms with Crippen molar-refractivity contribution in [3.63, 3.8) is 0 Å². The fourth-order valence-corrected chi connectivity index (χ4v) is 5.21. The number of aromatic nitrogens is 2. The molecule has 1 saturated heterocycles. The molecule has 3 aromatic carbocycles. The van der Waals surface area contributed by atoms with Gasteiger partial charge in [-0.15, -0.1) is 0 Å². The molecule has 3 heterocycles. The van der Waals surface area contributed by atoms with Crippen LogP contribution in [0.4, 0.5) is 5.69 Å². The molecule has 2 aromatic heterocycles. The molecule has 0 spiro atoms. The van der Waals surface area contributed by atoms with E-state index < -0.39 is 17.7 Å². The molecule has 0 radical (unpaired) electrons. The van der Waals surface area contributed by atoms with E-state index in [1.807, 2.05) is 66.3 Å². The number of aliphatic hydroxyl groups is 1. The number of amides is 1. The average Bonchev–Trinajstić information content (AvgIpc) is 3.52. The van der Waals surface area contributed by atoms with Crippen LogP contribution in [-0.2, 0) is 16.6 Å². The lowest BCUT2D eigenvalue weighted by Gasteiger charge is -2.25. The highest BCUT2D eigenvalue weighted by Gasteiger charge is 2.48. The van der Waals surface area contributed by atoms with Gasteiger partial charge in [-0.2, -0.15) is 0 Å². The predicted molar refractivity (Wildman–Crippen MR) is 137 cm³/mol. The number of aromatic amines is 1. The monoisotopic (exact) mass is 481 g/mol. The van der Waals surface area contributed by atoms with Crippen molar-refractivity contribution in [2.45, 2.75) is 6.04 Å². The third-order valence-electron chi connectivity index (χ3n) is 6.60. The molecule has 0 saturated carbocycles. The Morgan fingerprint density at radius 2 is 1.71 bits per heavy atom. The van der Waals surface area contributed by atoms with Crippen LogP contribution in [0.2, 0.25) is 5.02 Å². The second kappa shape index (κ2) is 7.89. The van der Waals surface area contributed by atoms with Gasteiger partial charge >= 0.3 is 0 Å². The molecule has 1 fully saturated rings. The van der Waals surface area contributed by atoms with Crippen molar-refractivity contribution in [2.24, 2.45) is 7.05 Å². The van der Waals surface area contributed by atoms with Crippen LogP contribution in [0.15, 0.2) is 90.8 Å². The minimum atomic E-state index is -0.840. The molecule has 35 heavy (non-hydrogen) atoms. The summed E-state index contributed by atoms with van der Waals surface area (Å²) in [5.41, 5.74) is 3.50. The number of H-pyrrole nitrogens is 1. The molecule has 0 bridgehead atoms. The molecule has 1 amide bonds. The van der Waals surface area contributed by atoms with Crippen LogP contribution in [0.5, 0.6) is 0 Å². The first-order chi connectivity index (χ1) is 17.0. The number of aliphatic hydroxyl groups excluding tert-OH is 1. The Labute approximate surface area is 205 Å². The first-order valence-electron chi connectivity index (χ1n) is 11.1. The number of ketones is 1. The molecule has 2 N–H and O–H groups in total. The summed E-state index contributed by atoms with van der Waals surface area (Å²) in [7, 11) is 1.91. The molecule has 1 atom stereocenters. The van der Waals surface area contributed by atoms with E-state index in [1.54, 1.807) is 30.5 Å². The number of fused-ring (bicyclic) bond motifs is 2. The number of aryl methyl sites for hydroxylation is 1. The predicted octanol–water partition coefficient (Wildman–Crippen LogP) is 5.94. The topological polar surface area (TPSA) is 78.3 Å². The van der Waals surface area contributed by atoms with Crippen molar-refractivity contribution >= 4 is 56.5 Å². The van der Waals surface area contributed by atoms with E-state index in [0.29, 0.717) is 16.3 Å². The van der Waals surface area contributed by atoms with E-state index >= 15 is 0 Å². The summed E-state index contributed by atoms with van der Waals surface area (Å²) in [4.78, 5) is 31.5. The fourth-order valence-electron chi connectivity index (χ4n) is 5.02. The number of anilines is 1. The molecule has 1 aliphatic heterocycles. The number of para-hydroxylation sites is 2. The van der Waals surface area contributed by atoms with Crippen molar-refractivity contribution < 1.29 is 14.7 Å². The van der Waals surface area contributed by atoms with Gasteiger partial charge in [-0.3, -0.25) is 14.5 Å². The van der Waals surface area contributed by atoms with E-state index in [2.05, 4.69) is 4.98 Å². The van der Waals surface area contributed by atoms with Gasteiger partial charge in [0.1, 0.15) is 5.76 Å². The summed E-state index contributed by atoms with van der Waals surface area (Å²) >= 11 is 6.25. The number of carbonyl (C=O) groups excluding carboxylic acids is 2. The molecule has 0 aliphatic carbocycles. The molecule has 7 heteroatoms. The maximum Gasteiger partial charge on any atom is 0.300 e. The van der Waals surface area contributed by atoms with E-state index in [-0.39, 0.29) is 11.3 Å². The Kier molecular flexibility index (Phi) is 4.79. The van der Waals surface area contributed by atoms with E-state index in [4.69, 9.17) is 11.6 Å². The van der Waals surface area contributed by atoms with Gasteiger partial charge in [0.2, 0.25) is 0 Å². The van der Waals surface area contributed by atoms with Gasteiger partial charge in [0, 0.05) is 63.1 Å². The highest BCUT2D eigenvalue weighted by atomic mass is 35.5. The van der Waals surface area contributed by atoms with Gasteiger partial charge in [-0.25, -0.2) is 0 Å². The quantitative estimate of drug-likeness (QED) is 0.190. The van der Waals surface area contributed by atoms with Crippen molar-refractivity contribution in [1.82, 2.24) is 9.55 Å². The molecular weight excluding hydrogens is 462 g/mol. The Bertz CT molecular complexity index is 1690. The van der Waals surface area contributed by atoms with Gasteiger partial charge in [0.25, 0.3) is 11.7 Å². The number of halogens is 1. The zero-order valence-electron chi connectivity index (χ0n) is 18.7. The van der Waals surface area contributed by atoms with Gasteiger partial charge in [0.05, 0.1) is 11.6 Å². The molecule has 6 nitrogen and oxygen atoms in total. The normalized spacial score (nSPS) is 17.7. The van der Waals surface area contributed by atoms with Crippen molar-refractivity contribution in [3.8, 4) is 0 Å². The lowest BCUT2D eigenvalue weighted by molar-refractivity contribution is -0.132. The Balaban J connectivity index is 1.66. The number of Topliss-reactive ketones (excluding diaryl/α,β-unsaturated/α-hetero) is 1. The number of carbonyl (C=O) groups is 2. The van der Waals surface area contributed by atoms with Crippen LogP contribution in [0.3, 0.4) is 0 Å². The average molecular weight is 482 g/mol. The van der Waals surface area contributed by atoms with Crippen LogP contribution in [-0.4, -0.2) is 26.3 Å².